The van der Waals surface area contributed by atoms with Gasteiger partial charge in [-0.05, 0) is 54.7 Å². The van der Waals surface area contributed by atoms with Gasteiger partial charge in [0.1, 0.15) is 0 Å². The van der Waals surface area contributed by atoms with Crippen molar-refractivity contribution in [2.75, 3.05) is 11.4 Å². The number of aromatic nitrogens is 2. The number of benzene rings is 2. The molecule has 3 aromatic rings. The molecule has 0 radical (unpaired) electrons. The molecule has 0 saturated heterocycles. The summed E-state index contributed by atoms with van der Waals surface area (Å²) in [5, 5.41) is 0. The van der Waals surface area contributed by atoms with E-state index < -0.39 is 21.8 Å². The number of para-hydroxylation sites is 1. The standard InChI is InChI=1S/C28H33F3N4O2S/c1-33-17-24(32-20-33)18-35-25(13-10-21-6-2-3-7-21)19-34(16-22-8-4-5-9-27(22)35)38(36,37)26-14-11-23(12-15-26)28(29,30)31/h4-5,8-9,11-12,14-15,17,20-21,25H,2-3,6-7,10,13,16,18-19H2,1H3. The number of hydrogen-bond acceptors (Lipinski definition) is 4. The van der Waals surface area contributed by atoms with Crippen LogP contribution in [-0.2, 0) is 36.3 Å². The lowest BCUT2D eigenvalue weighted by atomic mass is 9.97. The van der Waals surface area contributed by atoms with E-state index in [9.17, 15) is 21.6 Å². The van der Waals surface area contributed by atoms with Crippen molar-refractivity contribution in [3.63, 3.8) is 0 Å². The molecule has 1 aliphatic heterocycles. The van der Waals surface area contributed by atoms with E-state index in [0.29, 0.717) is 12.5 Å². The van der Waals surface area contributed by atoms with Gasteiger partial charge in [-0.3, -0.25) is 0 Å². The van der Waals surface area contributed by atoms with Gasteiger partial charge in [0.05, 0.1) is 29.0 Å². The van der Waals surface area contributed by atoms with Crippen LogP contribution in [0.4, 0.5) is 18.9 Å². The third kappa shape index (κ3) is 5.76. The van der Waals surface area contributed by atoms with Crippen LogP contribution in [0, 0.1) is 5.92 Å². The zero-order valence-electron chi connectivity index (χ0n) is 21.4. The molecule has 0 amide bonds. The van der Waals surface area contributed by atoms with Crippen molar-refractivity contribution >= 4 is 15.7 Å². The Labute approximate surface area is 222 Å². The molecule has 2 aromatic carbocycles. The summed E-state index contributed by atoms with van der Waals surface area (Å²) >= 11 is 0. The van der Waals surface area contributed by atoms with Gasteiger partial charge in [-0.2, -0.15) is 17.5 Å². The minimum Gasteiger partial charge on any atom is -0.361 e. The minimum atomic E-state index is -4.53. The highest BCUT2D eigenvalue weighted by Gasteiger charge is 2.36. The van der Waals surface area contributed by atoms with Crippen molar-refractivity contribution in [3.05, 3.63) is 77.9 Å². The van der Waals surface area contributed by atoms with Crippen LogP contribution in [0.25, 0.3) is 0 Å². The summed E-state index contributed by atoms with van der Waals surface area (Å²) in [6.07, 6.45) is 5.93. The zero-order valence-corrected chi connectivity index (χ0v) is 22.3. The predicted molar refractivity (Wildman–Crippen MR) is 140 cm³/mol. The lowest BCUT2D eigenvalue weighted by Crippen LogP contribution is -2.43. The smallest absolute Gasteiger partial charge is 0.361 e. The van der Waals surface area contributed by atoms with Crippen LogP contribution >= 0.6 is 0 Å². The first-order valence-electron chi connectivity index (χ1n) is 13.1. The van der Waals surface area contributed by atoms with Gasteiger partial charge in [0.15, 0.2) is 0 Å². The molecule has 2 heterocycles. The average molecular weight is 547 g/mol. The second kappa shape index (κ2) is 10.7. The van der Waals surface area contributed by atoms with Crippen LogP contribution in [0.1, 0.15) is 55.3 Å². The highest BCUT2D eigenvalue weighted by Crippen LogP contribution is 2.36. The largest absolute Gasteiger partial charge is 0.416 e. The molecule has 0 bridgehead atoms. The summed E-state index contributed by atoms with van der Waals surface area (Å²) in [7, 11) is -2.11. The number of sulfonamides is 1. The van der Waals surface area contributed by atoms with Crippen LogP contribution in [0.5, 0.6) is 0 Å². The van der Waals surface area contributed by atoms with E-state index in [1.807, 2.05) is 42.1 Å². The second-order valence-corrected chi connectivity index (χ2v) is 12.4. The number of alkyl halides is 3. The first kappa shape index (κ1) is 26.7. The first-order chi connectivity index (χ1) is 18.1. The molecule has 6 nitrogen and oxygen atoms in total. The maximum absolute atomic E-state index is 13.8. The van der Waals surface area contributed by atoms with Crippen molar-refractivity contribution in [1.82, 2.24) is 13.9 Å². The van der Waals surface area contributed by atoms with Crippen molar-refractivity contribution in [1.29, 1.82) is 0 Å². The monoisotopic (exact) mass is 546 g/mol. The topological polar surface area (TPSA) is 58.4 Å². The highest BCUT2D eigenvalue weighted by atomic mass is 32.2. The molecule has 5 rings (SSSR count). The lowest BCUT2D eigenvalue weighted by Gasteiger charge is -2.34. The molecule has 204 valence electrons. The molecule has 1 saturated carbocycles. The van der Waals surface area contributed by atoms with E-state index in [1.165, 1.54) is 30.0 Å². The molecule has 1 unspecified atom stereocenters. The fourth-order valence-electron chi connectivity index (χ4n) is 5.77. The van der Waals surface area contributed by atoms with Crippen molar-refractivity contribution in [2.24, 2.45) is 13.0 Å². The third-order valence-electron chi connectivity index (χ3n) is 7.80. The summed E-state index contributed by atoms with van der Waals surface area (Å²) in [6.45, 7) is 0.942. The van der Waals surface area contributed by atoms with Crippen LogP contribution in [0.15, 0.2) is 66.0 Å². The van der Waals surface area contributed by atoms with E-state index in [1.54, 1.807) is 6.33 Å². The third-order valence-corrected chi connectivity index (χ3v) is 9.62. The van der Waals surface area contributed by atoms with Gasteiger partial charge in [0.25, 0.3) is 0 Å². The van der Waals surface area contributed by atoms with Gasteiger partial charge in [-0.1, -0.05) is 43.9 Å². The predicted octanol–water partition coefficient (Wildman–Crippen LogP) is 5.99. The Balaban J connectivity index is 1.50. The second-order valence-electron chi connectivity index (χ2n) is 10.5. The van der Waals surface area contributed by atoms with E-state index in [2.05, 4.69) is 9.88 Å². The maximum Gasteiger partial charge on any atom is 0.416 e. The molecule has 1 atom stereocenters. The fraction of sp³-hybridized carbons (Fsp3) is 0.464. The Bertz CT molecular complexity index is 1350. The number of rotatable bonds is 7. The Kier molecular flexibility index (Phi) is 7.55. The van der Waals surface area contributed by atoms with Gasteiger partial charge in [0.2, 0.25) is 10.0 Å². The number of nitrogens with zero attached hydrogens (tertiary/aromatic N) is 4. The number of imidazole rings is 1. The molecular formula is C28H33F3N4O2S. The molecule has 0 spiro atoms. The van der Waals surface area contributed by atoms with E-state index in [-0.39, 0.29) is 24.0 Å². The van der Waals surface area contributed by atoms with Crippen LogP contribution in [0.3, 0.4) is 0 Å². The van der Waals surface area contributed by atoms with Crippen molar-refractivity contribution < 1.29 is 21.6 Å². The fourth-order valence-corrected chi connectivity index (χ4v) is 7.22. The van der Waals surface area contributed by atoms with Gasteiger partial charge in [-0.15, -0.1) is 0 Å². The van der Waals surface area contributed by atoms with Crippen molar-refractivity contribution in [3.8, 4) is 0 Å². The summed E-state index contributed by atoms with van der Waals surface area (Å²) < 4.78 is 70.2. The lowest BCUT2D eigenvalue weighted by molar-refractivity contribution is -0.137. The van der Waals surface area contributed by atoms with Crippen molar-refractivity contribution in [2.45, 2.75) is 68.7 Å². The normalized spacial score (nSPS) is 19.5. The number of aryl methyl sites for hydroxylation is 1. The van der Waals surface area contributed by atoms with Crippen LogP contribution in [-0.4, -0.2) is 34.9 Å². The molecule has 38 heavy (non-hydrogen) atoms. The summed E-state index contributed by atoms with van der Waals surface area (Å²) in [5.41, 5.74) is 1.86. The molecule has 0 N–H and O–H groups in total. The Morgan fingerprint density at radius 3 is 2.37 bits per heavy atom. The van der Waals surface area contributed by atoms with Crippen LogP contribution in [0.2, 0.25) is 0 Å². The minimum absolute atomic E-state index is 0.106. The Hall–Kier alpha value is -2.85. The molecule has 1 aromatic heterocycles. The van der Waals surface area contributed by atoms with E-state index in [4.69, 9.17) is 0 Å². The number of anilines is 1. The number of halogens is 3. The molecule has 10 heteroatoms. The highest BCUT2D eigenvalue weighted by molar-refractivity contribution is 7.89. The zero-order chi connectivity index (χ0) is 26.9. The van der Waals surface area contributed by atoms with Gasteiger partial charge >= 0.3 is 6.18 Å². The Morgan fingerprint density at radius 2 is 1.71 bits per heavy atom. The summed E-state index contributed by atoms with van der Waals surface area (Å²) in [5.74, 6) is 0.644. The van der Waals surface area contributed by atoms with Gasteiger partial charge < -0.3 is 9.47 Å². The van der Waals surface area contributed by atoms with E-state index >= 15 is 0 Å². The maximum atomic E-state index is 13.8. The quantitative estimate of drug-likeness (QED) is 0.365. The number of hydrogen-bond donors (Lipinski definition) is 0. The SMILES string of the molecule is Cn1cnc(CN2c3ccccc3CN(S(=O)(=O)c3ccc(C(F)(F)F)cc3)CC2CCC2CCCC2)c1. The number of fused-ring (bicyclic) bond motifs is 1. The molecule has 1 fully saturated rings. The Morgan fingerprint density at radius 1 is 1.00 bits per heavy atom. The first-order valence-corrected chi connectivity index (χ1v) is 14.5. The van der Waals surface area contributed by atoms with Gasteiger partial charge in [0, 0.05) is 38.1 Å². The van der Waals surface area contributed by atoms with E-state index in [0.717, 1.165) is 54.1 Å². The average Bonchev–Trinajstić information content (AvgIpc) is 3.52. The molecule has 2 aliphatic rings. The molecule has 1 aliphatic carbocycles. The summed E-state index contributed by atoms with van der Waals surface area (Å²) in [4.78, 5) is 6.67. The van der Waals surface area contributed by atoms with Crippen LogP contribution < -0.4 is 4.90 Å². The molecular weight excluding hydrogens is 513 g/mol. The van der Waals surface area contributed by atoms with Gasteiger partial charge in [-0.25, -0.2) is 13.4 Å². The summed E-state index contributed by atoms with van der Waals surface area (Å²) in [6, 6.07) is 11.5.